The zero-order valence-corrected chi connectivity index (χ0v) is 22.1. The van der Waals surface area contributed by atoms with Gasteiger partial charge in [-0.05, 0) is 66.1 Å². The van der Waals surface area contributed by atoms with Gasteiger partial charge < -0.3 is 15.0 Å². The number of aliphatic hydroxyl groups is 1. The zero-order chi connectivity index (χ0) is 28.8. The number of amides is 1. The molecule has 1 aliphatic heterocycles. The maximum atomic E-state index is 13.4. The van der Waals surface area contributed by atoms with E-state index in [4.69, 9.17) is 4.98 Å². The van der Waals surface area contributed by atoms with Crippen molar-refractivity contribution >= 4 is 5.91 Å². The molecule has 41 heavy (non-hydrogen) atoms. The minimum Gasteiger partial charge on any atom is -0.378 e. The summed E-state index contributed by atoms with van der Waals surface area (Å²) in [6.07, 6.45) is -3.13. The molecule has 0 radical (unpaired) electrons. The molecular weight excluding hydrogens is 531 g/mol. The summed E-state index contributed by atoms with van der Waals surface area (Å²) < 4.78 is 39.6. The number of H-pyrrole nitrogens is 1. The first-order valence-electron chi connectivity index (χ1n) is 13.6. The molecular formula is C32H28F3N3O3. The molecule has 1 saturated carbocycles. The second-order valence-corrected chi connectivity index (χ2v) is 10.8. The molecule has 6 rings (SSSR count). The molecule has 6 nitrogen and oxygen atoms in total. The van der Waals surface area contributed by atoms with Gasteiger partial charge >= 0.3 is 6.18 Å². The molecule has 3 aromatic carbocycles. The number of aromatic nitrogens is 2. The lowest BCUT2D eigenvalue weighted by Gasteiger charge is -2.24. The number of aromatic amines is 1. The van der Waals surface area contributed by atoms with Gasteiger partial charge in [0.15, 0.2) is 6.10 Å². The van der Waals surface area contributed by atoms with E-state index in [1.54, 1.807) is 24.3 Å². The Kier molecular flexibility index (Phi) is 6.77. The Morgan fingerprint density at radius 1 is 0.976 bits per heavy atom. The van der Waals surface area contributed by atoms with Gasteiger partial charge in [0.2, 0.25) is 0 Å². The molecule has 0 saturated heterocycles. The van der Waals surface area contributed by atoms with Crippen molar-refractivity contribution in [3.8, 4) is 11.1 Å². The molecule has 1 amide bonds. The van der Waals surface area contributed by atoms with E-state index in [0.717, 1.165) is 30.5 Å². The van der Waals surface area contributed by atoms with Crippen LogP contribution in [0.25, 0.3) is 11.1 Å². The first kappa shape index (κ1) is 27.0. The van der Waals surface area contributed by atoms with E-state index in [9.17, 15) is 27.9 Å². The fourth-order valence-corrected chi connectivity index (χ4v) is 5.66. The fourth-order valence-electron chi connectivity index (χ4n) is 5.66. The Balaban J connectivity index is 1.24. The van der Waals surface area contributed by atoms with Gasteiger partial charge in [0.1, 0.15) is 5.82 Å². The maximum absolute atomic E-state index is 13.4. The third-order valence-electron chi connectivity index (χ3n) is 8.09. The van der Waals surface area contributed by atoms with Crippen molar-refractivity contribution in [3.63, 3.8) is 0 Å². The van der Waals surface area contributed by atoms with E-state index >= 15 is 0 Å². The van der Waals surface area contributed by atoms with Gasteiger partial charge in [-0.2, -0.15) is 13.2 Å². The number of hydrogen-bond donors (Lipinski definition) is 2. The first-order chi connectivity index (χ1) is 19.7. The summed E-state index contributed by atoms with van der Waals surface area (Å²) in [4.78, 5) is 36.0. The van der Waals surface area contributed by atoms with Crippen LogP contribution >= 0.6 is 0 Å². The summed E-state index contributed by atoms with van der Waals surface area (Å²) in [6.45, 7) is 0.345. The maximum Gasteiger partial charge on any atom is 0.416 e. The average molecular weight is 560 g/mol. The molecule has 9 heteroatoms. The summed E-state index contributed by atoms with van der Waals surface area (Å²) in [5.41, 5.74) is 1.86. The Bertz CT molecular complexity index is 1660. The van der Waals surface area contributed by atoms with Crippen LogP contribution in [-0.4, -0.2) is 32.4 Å². The number of aliphatic hydroxyl groups excluding tert-OH is 1. The van der Waals surface area contributed by atoms with Crippen LogP contribution in [0, 0.1) is 0 Å². The molecule has 0 bridgehead atoms. The predicted molar refractivity (Wildman–Crippen MR) is 147 cm³/mol. The highest BCUT2D eigenvalue weighted by molar-refractivity contribution is 5.83. The average Bonchev–Trinajstić information content (AvgIpc) is 3.81. The number of carbonyl (C=O) groups excluding carboxylic acids is 1. The van der Waals surface area contributed by atoms with E-state index in [1.165, 1.54) is 17.0 Å². The Hall–Kier alpha value is -4.24. The lowest BCUT2D eigenvalue weighted by Crippen LogP contribution is -2.36. The largest absolute Gasteiger partial charge is 0.416 e. The topological polar surface area (TPSA) is 86.3 Å². The SMILES string of the molecule is O=C([C@@H](O)c1cccc(-c2cccc(C(F)(F)F)c2)c1)N1CCCc2nc(C3(c4ccccc4)CC3)[nH]c(=O)c2C1. The van der Waals surface area contributed by atoms with Gasteiger partial charge in [0, 0.05) is 6.54 Å². The smallest absolute Gasteiger partial charge is 0.378 e. The van der Waals surface area contributed by atoms with Gasteiger partial charge in [-0.3, -0.25) is 9.59 Å². The number of nitrogens with zero attached hydrogens (tertiary/aromatic N) is 2. The minimum absolute atomic E-state index is 0.0134. The highest BCUT2D eigenvalue weighted by atomic mass is 19.4. The standard InChI is InChI=1S/C32H28F3N3O3/c33-32(34,35)24-12-5-8-21(18-24)20-7-4-9-22(17-20)27(39)29(41)38-16-6-13-26-25(19-38)28(40)37-30(36-26)31(14-15-31)23-10-2-1-3-11-23/h1-5,7-12,17-18,27,39H,6,13-16,19H2,(H,36,37,40)/t27-/m0/s1. The molecule has 2 heterocycles. The van der Waals surface area contributed by atoms with Crippen molar-refractivity contribution in [1.82, 2.24) is 14.9 Å². The zero-order valence-electron chi connectivity index (χ0n) is 22.1. The highest BCUT2D eigenvalue weighted by Gasteiger charge is 2.48. The molecule has 2 aliphatic rings. The molecule has 1 atom stereocenters. The van der Waals surface area contributed by atoms with Crippen molar-refractivity contribution in [3.05, 3.63) is 123 Å². The fraction of sp³-hybridized carbons (Fsp3) is 0.281. The molecule has 2 N–H and O–H groups in total. The van der Waals surface area contributed by atoms with Crippen LogP contribution in [0.15, 0.2) is 83.7 Å². The van der Waals surface area contributed by atoms with Crippen molar-refractivity contribution in [2.75, 3.05) is 6.54 Å². The van der Waals surface area contributed by atoms with Crippen molar-refractivity contribution in [2.45, 2.75) is 49.9 Å². The first-order valence-corrected chi connectivity index (χ1v) is 13.6. The number of rotatable bonds is 5. The Labute approximate surface area is 234 Å². The molecule has 210 valence electrons. The summed E-state index contributed by atoms with van der Waals surface area (Å²) in [6, 6.07) is 21.2. The van der Waals surface area contributed by atoms with Crippen molar-refractivity contribution in [1.29, 1.82) is 0 Å². The molecule has 1 aromatic heterocycles. The lowest BCUT2D eigenvalue weighted by molar-refractivity contribution is -0.141. The third-order valence-corrected chi connectivity index (χ3v) is 8.09. The summed E-state index contributed by atoms with van der Waals surface area (Å²) >= 11 is 0. The van der Waals surface area contributed by atoms with Gasteiger partial charge in [-0.15, -0.1) is 0 Å². The lowest BCUT2D eigenvalue weighted by atomic mass is 9.94. The molecule has 1 fully saturated rings. The number of aryl methyl sites for hydroxylation is 1. The second kappa shape index (κ2) is 10.3. The van der Waals surface area contributed by atoms with E-state index in [0.29, 0.717) is 47.6 Å². The van der Waals surface area contributed by atoms with Gasteiger partial charge in [-0.25, -0.2) is 4.98 Å². The van der Waals surface area contributed by atoms with Crippen molar-refractivity contribution < 1.29 is 23.1 Å². The van der Waals surface area contributed by atoms with Crippen LogP contribution in [-0.2, 0) is 29.4 Å². The number of benzene rings is 3. The van der Waals surface area contributed by atoms with Crippen LogP contribution in [0.3, 0.4) is 0 Å². The van der Waals surface area contributed by atoms with E-state index in [-0.39, 0.29) is 23.1 Å². The van der Waals surface area contributed by atoms with Gasteiger partial charge in [0.25, 0.3) is 11.5 Å². The van der Waals surface area contributed by atoms with E-state index < -0.39 is 23.8 Å². The Morgan fingerprint density at radius 3 is 2.39 bits per heavy atom. The number of halogens is 3. The number of hydrogen-bond acceptors (Lipinski definition) is 4. The third kappa shape index (κ3) is 5.17. The number of nitrogens with one attached hydrogen (secondary N) is 1. The van der Waals surface area contributed by atoms with Gasteiger partial charge in [0.05, 0.1) is 28.8 Å². The number of alkyl halides is 3. The normalized spacial score (nSPS) is 16.9. The highest BCUT2D eigenvalue weighted by Crippen LogP contribution is 2.52. The van der Waals surface area contributed by atoms with E-state index in [1.807, 2.05) is 30.3 Å². The van der Waals surface area contributed by atoms with E-state index in [2.05, 4.69) is 4.98 Å². The molecule has 4 aromatic rings. The monoisotopic (exact) mass is 559 g/mol. The van der Waals surface area contributed by atoms with Crippen LogP contribution in [0.1, 0.15) is 59.1 Å². The molecule has 0 unspecified atom stereocenters. The predicted octanol–water partition coefficient (Wildman–Crippen LogP) is 5.54. The quantitative estimate of drug-likeness (QED) is 0.336. The summed E-state index contributed by atoms with van der Waals surface area (Å²) in [7, 11) is 0. The minimum atomic E-state index is -4.49. The van der Waals surface area contributed by atoms with Gasteiger partial charge in [-0.1, -0.05) is 60.7 Å². The summed E-state index contributed by atoms with van der Waals surface area (Å²) in [5, 5.41) is 11.0. The number of carbonyl (C=O) groups is 1. The second-order valence-electron chi connectivity index (χ2n) is 10.8. The van der Waals surface area contributed by atoms with Crippen molar-refractivity contribution in [2.24, 2.45) is 0 Å². The van der Waals surface area contributed by atoms with Crippen LogP contribution in [0.4, 0.5) is 13.2 Å². The molecule has 1 aliphatic carbocycles. The van der Waals surface area contributed by atoms with Crippen LogP contribution in [0.5, 0.6) is 0 Å². The van der Waals surface area contributed by atoms with Crippen LogP contribution < -0.4 is 5.56 Å². The Morgan fingerprint density at radius 2 is 1.68 bits per heavy atom. The molecule has 0 spiro atoms. The number of fused-ring (bicyclic) bond motifs is 1. The van der Waals surface area contributed by atoms with Crippen LogP contribution in [0.2, 0.25) is 0 Å². The summed E-state index contributed by atoms with van der Waals surface area (Å²) in [5.74, 6) is 0.0733.